The Morgan fingerprint density at radius 1 is 1.17 bits per heavy atom. The van der Waals surface area contributed by atoms with Crippen LogP contribution < -0.4 is 5.32 Å². The van der Waals surface area contributed by atoms with Crippen LogP contribution in [0, 0.1) is 11.7 Å². The molecule has 1 fully saturated rings. The van der Waals surface area contributed by atoms with Gasteiger partial charge in [0, 0.05) is 23.2 Å². The SMILES string of the molecule is O=C(Nc1cccc(F)c1)C1CCN(Cc2cccc(Cl)c2)CC1. The minimum Gasteiger partial charge on any atom is -0.326 e. The molecular formula is C19H20ClFN2O. The number of carbonyl (C=O) groups is 1. The molecule has 1 heterocycles. The van der Waals surface area contributed by atoms with Gasteiger partial charge in [-0.05, 0) is 61.8 Å². The van der Waals surface area contributed by atoms with Crippen LogP contribution in [0.15, 0.2) is 48.5 Å². The molecule has 1 N–H and O–H groups in total. The van der Waals surface area contributed by atoms with Gasteiger partial charge in [0.1, 0.15) is 5.82 Å². The summed E-state index contributed by atoms with van der Waals surface area (Å²) in [4.78, 5) is 14.6. The van der Waals surface area contributed by atoms with Crippen molar-refractivity contribution in [2.24, 2.45) is 5.92 Å². The molecule has 0 aromatic heterocycles. The standard InChI is InChI=1S/C19H20ClFN2O/c20-16-4-1-3-14(11-16)13-23-9-7-15(8-10-23)19(24)22-18-6-2-5-17(21)12-18/h1-6,11-12,15H,7-10,13H2,(H,22,24). The maximum absolute atomic E-state index is 13.2. The van der Waals surface area contributed by atoms with Crippen LogP contribution in [-0.4, -0.2) is 23.9 Å². The second kappa shape index (κ2) is 7.77. The van der Waals surface area contributed by atoms with E-state index in [4.69, 9.17) is 11.6 Å². The predicted molar refractivity (Wildman–Crippen MR) is 94.5 cm³/mol. The summed E-state index contributed by atoms with van der Waals surface area (Å²) >= 11 is 6.02. The van der Waals surface area contributed by atoms with E-state index in [-0.39, 0.29) is 17.6 Å². The summed E-state index contributed by atoms with van der Waals surface area (Å²) in [6.45, 7) is 2.58. The van der Waals surface area contributed by atoms with Crippen LogP contribution >= 0.6 is 11.6 Å². The van der Waals surface area contributed by atoms with Crippen molar-refractivity contribution in [3.8, 4) is 0 Å². The van der Waals surface area contributed by atoms with Gasteiger partial charge in [0.05, 0.1) is 0 Å². The molecule has 0 aliphatic carbocycles. The maximum atomic E-state index is 13.2. The van der Waals surface area contributed by atoms with E-state index in [0.717, 1.165) is 37.5 Å². The van der Waals surface area contributed by atoms with E-state index < -0.39 is 0 Å². The predicted octanol–water partition coefficient (Wildman–Crippen LogP) is 4.33. The average Bonchev–Trinajstić information content (AvgIpc) is 2.55. The summed E-state index contributed by atoms with van der Waals surface area (Å²) in [5, 5.41) is 3.56. The Labute approximate surface area is 146 Å². The first-order valence-corrected chi connectivity index (χ1v) is 8.51. The summed E-state index contributed by atoms with van der Waals surface area (Å²) in [6, 6.07) is 13.9. The van der Waals surface area contributed by atoms with Gasteiger partial charge in [-0.3, -0.25) is 9.69 Å². The molecule has 0 saturated carbocycles. The van der Waals surface area contributed by atoms with Crippen LogP contribution in [0.25, 0.3) is 0 Å². The first-order valence-electron chi connectivity index (χ1n) is 8.13. The van der Waals surface area contributed by atoms with Gasteiger partial charge < -0.3 is 5.32 Å². The third kappa shape index (κ3) is 4.56. The number of nitrogens with zero attached hydrogens (tertiary/aromatic N) is 1. The smallest absolute Gasteiger partial charge is 0.227 e. The number of benzene rings is 2. The molecule has 1 saturated heterocycles. The van der Waals surface area contributed by atoms with E-state index in [1.165, 1.54) is 17.7 Å². The van der Waals surface area contributed by atoms with E-state index >= 15 is 0 Å². The molecule has 0 bridgehead atoms. The summed E-state index contributed by atoms with van der Waals surface area (Å²) in [5.74, 6) is -0.393. The van der Waals surface area contributed by atoms with E-state index in [0.29, 0.717) is 5.69 Å². The summed E-state index contributed by atoms with van der Waals surface area (Å²) < 4.78 is 13.2. The number of hydrogen-bond donors (Lipinski definition) is 1. The van der Waals surface area contributed by atoms with E-state index in [2.05, 4.69) is 16.3 Å². The minimum atomic E-state index is -0.343. The molecule has 1 aliphatic heterocycles. The first-order chi connectivity index (χ1) is 11.6. The summed E-state index contributed by atoms with van der Waals surface area (Å²) in [6.07, 6.45) is 1.61. The normalized spacial score (nSPS) is 16.1. The fourth-order valence-electron chi connectivity index (χ4n) is 3.06. The Bertz CT molecular complexity index is 714. The number of halogens is 2. The van der Waals surface area contributed by atoms with Crippen LogP contribution in [0.5, 0.6) is 0 Å². The van der Waals surface area contributed by atoms with Crippen LogP contribution in [-0.2, 0) is 11.3 Å². The number of amides is 1. The van der Waals surface area contributed by atoms with Crippen LogP contribution in [0.1, 0.15) is 18.4 Å². The highest BCUT2D eigenvalue weighted by molar-refractivity contribution is 6.30. The maximum Gasteiger partial charge on any atom is 0.227 e. The molecule has 2 aromatic carbocycles. The number of likely N-dealkylation sites (tertiary alicyclic amines) is 1. The zero-order valence-electron chi connectivity index (χ0n) is 13.3. The van der Waals surface area contributed by atoms with Crippen molar-refractivity contribution < 1.29 is 9.18 Å². The van der Waals surface area contributed by atoms with Crippen molar-refractivity contribution >= 4 is 23.2 Å². The van der Waals surface area contributed by atoms with Gasteiger partial charge in [0.15, 0.2) is 0 Å². The largest absolute Gasteiger partial charge is 0.326 e. The van der Waals surface area contributed by atoms with Crippen molar-refractivity contribution in [3.05, 3.63) is 64.9 Å². The Kier molecular flexibility index (Phi) is 5.48. The highest BCUT2D eigenvalue weighted by Gasteiger charge is 2.25. The fourth-order valence-corrected chi connectivity index (χ4v) is 3.27. The summed E-state index contributed by atoms with van der Waals surface area (Å²) in [5.41, 5.74) is 1.70. The second-order valence-electron chi connectivity index (χ2n) is 6.18. The quantitative estimate of drug-likeness (QED) is 0.893. The Morgan fingerprint density at radius 2 is 1.92 bits per heavy atom. The van der Waals surface area contributed by atoms with Crippen molar-refractivity contribution in [3.63, 3.8) is 0 Å². The van der Waals surface area contributed by atoms with E-state index in [1.54, 1.807) is 12.1 Å². The topological polar surface area (TPSA) is 32.3 Å². The Morgan fingerprint density at radius 3 is 2.62 bits per heavy atom. The van der Waals surface area contributed by atoms with Crippen molar-refractivity contribution in [1.82, 2.24) is 4.90 Å². The third-order valence-corrected chi connectivity index (χ3v) is 4.58. The third-order valence-electron chi connectivity index (χ3n) is 4.35. The van der Waals surface area contributed by atoms with Gasteiger partial charge in [-0.1, -0.05) is 29.8 Å². The Hall–Kier alpha value is -1.91. The number of carbonyl (C=O) groups excluding carboxylic acids is 1. The summed E-state index contributed by atoms with van der Waals surface area (Å²) in [7, 11) is 0. The van der Waals surface area contributed by atoms with Gasteiger partial charge in [0.2, 0.25) is 5.91 Å². The van der Waals surface area contributed by atoms with Crippen LogP contribution in [0.2, 0.25) is 5.02 Å². The van der Waals surface area contributed by atoms with Crippen molar-refractivity contribution in [2.75, 3.05) is 18.4 Å². The highest BCUT2D eigenvalue weighted by atomic mass is 35.5. The molecule has 0 radical (unpaired) electrons. The van der Waals surface area contributed by atoms with E-state index in [9.17, 15) is 9.18 Å². The average molecular weight is 347 g/mol. The number of piperidine rings is 1. The van der Waals surface area contributed by atoms with Gasteiger partial charge in [-0.2, -0.15) is 0 Å². The molecule has 2 aromatic rings. The molecule has 1 amide bonds. The number of anilines is 1. The molecule has 5 heteroatoms. The van der Waals surface area contributed by atoms with E-state index in [1.807, 2.05) is 18.2 Å². The molecule has 1 aliphatic rings. The Balaban J connectivity index is 1.50. The zero-order chi connectivity index (χ0) is 16.9. The van der Waals surface area contributed by atoms with Gasteiger partial charge >= 0.3 is 0 Å². The van der Waals surface area contributed by atoms with Crippen molar-refractivity contribution in [1.29, 1.82) is 0 Å². The molecule has 24 heavy (non-hydrogen) atoms. The lowest BCUT2D eigenvalue weighted by atomic mass is 9.95. The lowest BCUT2D eigenvalue weighted by Gasteiger charge is -2.31. The number of nitrogens with one attached hydrogen (secondary N) is 1. The molecule has 0 spiro atoms. The lowest BCUT2D eigenvalue weighted by molar-refractivity contribution is -0.121. The second-order valence-corrected chi connectivity index (χ2v) is 6.62. The van der Waals surface area contributed by atoms with Crippen LogP contribution in [0.4, 0.5) is 10.1 Å². The van der Waals surface area contributed by atoms with Gasteiger partial charge in [-0.15, -0.1) is 0 Å². The zero-order valence-corrected chi connectivity index (χ0v) is 14.1. The van der Waals surface area contributed by atoms with Gasteiger partial charge in [0.25, 0.3) is 0 Å². The lowest BCUT2D eigenvalue weighted by Crippen LogP contribution is -2.37. The molecule has 0 unspecified atom stereocenters. The van der Waals surface area contributed by atoms with Gasteiger partial charge in [-0.25, -0.2) is 4.39 Å². The minimum absolute atomic E-state index is 0.0242. The highest BCUT2D eigenvalue weighted by Crippen LogP contribution is 2.22. The fraction of sp³-hybridized carbons (Fsp3) is 0.316. The molecule has 3 nitrogen and oxygen atoms in total. The van der Waals surface area contributed by atoms with Crippen molar-refractivity contribution in [2.45, 2.75) is 19.4 Å². The molecule has 3 rings (SSSR count). The monoisotopic (exact) mass is 346 g/mol. The molecule has 0 atom stereocenters. The first kappa shape index (κ1) is 16.9. The number of hydrogen-bond acceptors (Lipinski definition) is 2. The van der Waals surface area contributed by atoms with Crippen LogP contribution in [0.3, 0.4) is 0 Å². The molecule has 126 valence electrons. The number of rotatable bonds is 4. The molecular weight excluding hydrogens is 327 g/mol.